The lowest BCUT2D eigenvalue weighted by Gasteiger charge is -2.34. The number of nitriles is 1. The molecule has 7 nitrogen and oxygen atoms in total. The third kappa shape index (κ3) is 7.68. The Labute approximate surface area is 211 Å². The van der Waals surface area contributed by atoms with E-state index < -0.39 is 11.6 Å². The fraction of sp³-hybridized carbons (Fsp3) is 0.407. The van der Waals surface area contributed by atoms with Crippen LogP contribution in [0.4, 0.5) is 19.3 Å². The third-order valence-electron chi connectivity index (χ3n) is 5.97. The molecule has 2 aliphatic rings. The highest BCUT2D eigenvalue weighted by molar-refractivity contribution is 5.76. The fourth-order valence-electron chi connectivity index (χ4n) is 4.12. The maximum atomic E-state index is 12.3. The smallest absolute Gasteiger partial charge is 0.324 e. The lowest BCUT2D eigenvalue weighted by atomic mass is 10.0. The Kier molecular flexibility index (Phi) is 10.5. The van der Waals surface area contributed by atoms with E-state index in [1.807, 2.05) is 37.3 Å². The first kappa shape index (κ1) is 27.0. The Bertz CT molecular complexity index is 1040. The number of rotatable bonds is 6. The molecule has 2 N–H and O–H groups in total. The van der Waals surface area contributed by atoms with Crippen molar-refractivity contribution in [1.29, 1.82) is 5.26 Å². The van der Waals surface area contributed by atoms with Crippen LogP contribution >= 0.6 is 0 Å². The highest BCUT2D eigenvalue weighted by Crippen LogP contribution is 2.23. The summed E-state index contributed by atoms with van der Waals surface area (Å²) in [6.45, 7) is 6.38. The standard InChI is InChI=1S/C21H29N5O2.C6H4F2/c1-2-5-20-26(14-15-28-20)21(27)24-11-10-23-18-8-12-25(13-9-18)19-7-4-3-6-17(19)16-22;7-5-3-1-2-4-6(5)8/h3-7,18,23H,2,8-15H2,1H3,(H,24,27);1-4H/b20-5+;. The lowest BCUT2D eigenvalue weighted by Crippen LogP contribution is -2.46. The van der Waals surface area contributed by atoms with Crippen LogP contribution in [0.3, 0.4) is 0 Å². The number of halogens is 2. The minimum Gasteiger partial charge on any atom is -0.477 e. The lowest BCUT2D eigenvalue weighted by molar-refractivity contribution is 0.201. The molecule has 0 bridgehead atoms. The van der Waals surface area contributed by atoms with E-state index in [1.54, 1.807) is 4.90 Å². The van der Waals surface area contributed by atoms with Crippen LogP contribution in [-0.2, 0) is 4.74 Å². The number of para-hydroxylation sites is 1. The zero-order chi connectivity index (χ0) is 25.8. The van der Waals surface area contributed by atoms with E-state index >= 15 is 0 Å². The maximum absolute atomic E-state index is 12.3. The molecule has 0 spiro atoms. The summed E-state index contributed by atoms with van der Waals surface area (Å²) in [4.78, 5) is 16.2. The van der Waals surface area contributed by atoms with Crippen LogP contribution in [0.5, 0.6) is 0 Å². The molecule has 0 saturated carbocycles. The fourth-order valence-corrected chi connectivity index (χ4v) is 4.12. The Morgan fingerprint density at radius 2 is 1.75 bits per heavy atom. The molecule has 36 heavy (non-hydrogen) atoms. The number of hydrogen-bond acceptors (Lipinski definition) is 5. The minimum absolute atomic E-state index is 0.0954. The number of allylic oxidation sites excluding steroid dienone is 1. The van der Waals surface area contributed by atoms with Crippen LogP contribution in [0.1, 0.15) is 31.7 Å². The number of nitrogens with one attached hydrogen (secondary N) is 2. The van der Waals surface area contributed by atoms with Crippen molar-refractivity contribution in [2.24, 2.45) is 0 Å². The van der Waals surface area contributed by atoms with Crippen LogP contribution in [-0.4, -0.2) is 56.3 Å². The normalized spacial score (nSPS) is 16.7. The van der Waals surface area contributed by atoms with Gasteiger partial charge in [-0.05, 0) is 49.6 Å². The number of nitrogens with zero attached hydrogens (tertiary/aromatic N) is 3. The van der Waals surface area contributed by atoms with Crippen molar-refractivity contribution in [3.05, 3.63) is 77.7 Å². The maximum Gasteiger partial charge on any atom is 0.324 e. The topological polar surface area (TPSA) is 80.6 Å². The molecular formula is C27H33F2N5O2. The molecule has 2 aromatic carbocycles. The summed E-state index contributed by atoms with van der Waals surface area (Å²) in [5, 5.41) is 15.8. The van der Waals surface area contributed by atoms with Gasteiger partial charge in [0.15, 0.2) is 17.5 Å². The van der Waals surface area contributed by atoms with Crippen LogP contribution in [0.2, 0.25) is 0 Å². The van der Waals surface area contributed by atoms with Gasteiger partial charge in [-0.2, -0.15) is 5.26 Å². The summed E-state index contributed by atoms with van der Waals surface area (Å²) in [7, 11) is 0. The molecule has 0 aliphatic carbocycles. The molecule has 2 heterocycles. The Morgan fingerprint density at radius 3 is 2.39 bits per heavy atom. The molecule has 2 aliphatic heterocycles. The number of benzene rings is 2. The second kappa shape index (κ2) is 14.0. The zero-order valence-corrected chi connectivity index (χ0v) is 20.6. The highest BCUT2D eigenvalue weighted by Gasteiger charge is 2.24. The van der Waals surface area contributed by atoms with E-state index in [4.69, 9.17) is 4.74 Å². The molecule has 0 aromatic heterocycles. The number of carbonyl (C=O) groups is 1. The summed E-state index contributed by atoms with van der Waals surface area (Å²) in [5.74, 6) is -0.932. The molecule has 9 heteroatoms. The van der Waals surface area contributed by atoms with Crippen molar-refractivity contribution in [2.45, 2.75) is 32.2 Å². The number of hydrogen-bond donors (Lipinski definition) is 2. The van der Waals surface area contributed by atoms with E-state index in [9.17, 15) is 18.8 Å². The summed E-state index contributed by atoms with van der Waals surface area (Å²) in [5.41, 5.74) is 1.76. The van der Waals surface area contributed by atoms with E-state index in [0.29, 0.717) is 31.6 Å². The van der Waals surface area contributed by atoms with Gasteiger partial charge in [0.05, 0.1) is 17.8 Å². The number of ether oxygens (including phenoxy) is 1. The summed E-state index contributed by atoms with van der Waals surface area (Å²) in [6, 6.07) is 15.4. The van der Waals surface area contributed by atoms with Crippen molar-refractivity contribution in [3.63, 3.8) is 0 Å². The van der Waals surface area contributed by atoms with Crippen molar-refractivity contribution < 1.29 is 18.3 Å². The van der Waals surface area contributed by atoms with Gasteiger partial charge in [-0.3, -0.25) is 4.90 Å². The van der Waals surface area contributed by atoms with Crippen LogP contribution < -0.4 is 15.5 Å². The second-order valence-electron chi connectivity index (χ2n) is 8.44. The highest BCUT2D eigenvalue weighted by atomic mass is 19.2. The average molecular weight is 498 g/mol. The van der Waals surface area contributed by atoms with E-state index in [2.05, 4.69) is 21.6 Å². The minimum atomic E-state index is -0.799. The zero-order valence-electron chi connectivity index (χ0n) is 20.6. The average Bonchev–Trinajstić information content (AvgIpc) is 3.38. The van der Waals surface area contributed by atoms with Gasteiger partial charge < -0.3 is 20.3 Å². The molecule has 4 rings (SSSR count). The van der Waals surface area contributed by atoms with Gasteiger partial charge in [0, 0.05) is 32.2 Å². The second-order valence-corrected chi connectivity index (χ2v) is 8.44. The molecule has 0 unspecified atom stereocenters. The van der Waals surface area contributed by atoms with Crippen molar-refractivity contribution >= 4 is 11.7 Å². The quantitative estimate of drug-likeness (QED) is 0.580. The van der Waals surface area contributed by atoms with Crippen molar-refractivity contribution in [2.75, 3.05) is 44.2 Å². The number of amides is 2. The van der Waals surface area contributed by atoms with Gasteiger partial charge in [0.25, 0.3) is 0 Å². The molecule has 2 saturated heterocycles. The molecule has 0 atom stereocenters. The van der Waals surface area contributed by atoms with Gasteiger partial charge in [0.1, 0.15) is 12.7 Å². The summed E-state index contributed by atoms with van der Waals surface area (Å²) >= 11 is 0. The van der Waals surface area contributed by atoms with Gasteiger partial charge in [-0.1, -0.05) is 31.2 Å². The monoisotopic (exact) mass is 497 g/mol. The Balaban J connectivity index is 0.000000383. The van der Waals surface area contributed by atoms with Crippen molar-refractivity contribution in [1.82, 2.24) is 15.5 Å². The SMILES string of the molecule is CC/C=C1/OCCN1C(=O)NCCNC1CCN(c2ccccc2C#N)CC1.Fc1ccccc1F. The molecule has 192 valence electrons. The van der Waals surface area contributed by atoms with Crippen LogP contribution in [0.15, 0.2) is 60.5 Å². The van der Waals surface area contributed by atoms with Gasteiger partial charge >= 0.3 is 6.03 Å². The van der Waals surface area contributed by atoms with Crippen LogP contribution in [0.25, 0.3) is 0 Å². The summed E-state index contributed by atoms with van der Waals surface area (Å²) < 4.78 is 29.4. The van der Waals surface area contributed by atoms with Gasteiger partial charge in [0.2, 0.25) is 0 Å². The molecule has 2 amide bonds. The first-order valence-electron chi connectivity index (χ1n) is 12.3. The van der Waals surface area contributed by atoms with E-state index in [0.717, 1.165) is 62.3 Å². The van der Waals surface area contributed by atoms with Crippen LogP contribution in [0, 0.1) is 23.0 Å². The molecule has 2 aromatic rings. The third-order valence-corrected chi connectivity index (χ3v) is 5.97. The molecular weight excluding hydrogens is 464 g/mol. The summed E-state index contributed by atoms with van der Waals surface area (Å²) in [6.07, 6.45) is 4.83. The predicted molar refractivity (Wildman–Crippen MR) is 135 cm³/mol. The van der Waals surface area contributed by atoms with Crippen molar-refractivity contribution in [3.8, 4) is 6.07 Å². The number of anilines is 1. The van der Waals surface area contributed by atoms with Gasteiger partial charge in [-0.15, -0.1) is 0 Å². The molecule has 0 radical (unpaired) electrons. The largest absolute Gasteiger partial charge is 0.477 e. The number of urea groups is 1. The number of piperidine rings is 1. The number of carbonyl (C=O) groups excluding carboxylic acids is 1. The Morgan fingerprint density at radius 1 is 1.08 bits per heavy atom. The van der Waals surface area contributed by atoms with E-state index in [-0.39, 0.29) is 6.03 Å². The Hall–Kier alpha value is -3.64. The first-order valence-corrected chi connectivity index (χ1v) is 12.3. The predicted octanol–water partition coefficient (Wildman–Crippen LogP) is 4.37. The molecule has 2 fully saturated rings. The van der Waals surface area contributed by atoms with E-state index in [1.165, 1.54) is 12.1 Å². The first-order chi connectivity index (χ1) is 17.5. The van der Waals surface area contributed by atoms with Gasteiger partial charge in [-0.25, -0.2) is 13.6 Å².